The number of hydrogen-bond acceptors (Lipinski definition) is 4. The third-order valence-corrected chi connectivity index (χ3v) is 3.40. The molecule has 0 fully saturated rings. The number of halogens is 1. The van der Waals surface area contributed by atoms with Crippen LogP contribution in [0, 0.1) is 0 Å². The zero-order valence-corrected chi connectivity index (χ0v) is 14.5. The number of anilines is 2. The molecular formula is C18H19ClN2O4. The number of esters is 1. The van der Waals surface area contributed by atoms with Gasteiger partial charge < -0.3 is 20.1 Å². The third kappa shape index (κ3) is 6.45. The molecule has 0 unspecified atom stereocenters. The van der Waals surface area contributed by atoms with Crippen molar-refractivity contribution < 1.29 is 19.1 Å². The average molecular weight is 363 g/mol. The van der Waals surface area contributed by atoms with Crippen molar-refractivity contribution >= 4 is 35.0 Å². The molecule has 0 aliphatic carbocycles. The second kappa shape index (κ2) is 9.66. The quantitative estimate of drug-likeness (QED) is 0.572. The fourth-order valence-corrected chi connectivity index (χ4v) is 2.06. The predicted molar refractivity (Wildman–Crippen MR) is 97.3 cm³/mol. The molecule has 6 nitrogen and oxygen atoms in total. The third-order valence-electron chi connectivity index (χ3n) is 3.15. The smallest absolute Gasteiger partial charge is 0.338 e. The molecule has 25 heavy (non-hydrogen) atoms. The molecule has 0 aromatic heterocycles. The summed E-state index contributed by atoms with van der Waals surface area (Å²) in [6, 6.07) is 12.8. The van der Waals surface area contributed by atoms with Crippen LogP contribution in [0.5, 0.6) is 0 Å². The van der Waals surface area contributed by atoms with Crippen LogP contribution in [0.25, 0.3) is 0 Å². The number of rotatable bonds is 7. The SMILES string of the molecule is CCOCCOC(=O)c1ccc(NC(=O)Nc2ccc(Cl)cc2)cc1. The van der Waals surface area contributed by atoms with E-state index in [4.69, 9.17) is 21.1 Å². The van der Waals surface area contributed by atoms with Gasteiger partial charge in [-0.05, 0) is 55.5 Å². The van der Waals surface area contributed by atoms with Crippen LogP contribution >= 0.6 is 11.6 Å². The lowest BCUT2D eigenvalue weighted by atomic mass is 10.2. The number of urea groups is 1. The summed E-state index contributed by atoms with van der Waals surface area (Å²) in [7, 11) is 0. The molecule has 0 aliphatic heterocycles. The van der Waals surface area contributed by atoms with Crippen LogP contribution in [0.15, 0.2) is 48.5 Å². The molecule has 2 aromatic rings. The highest BCUT2D eigenvalue weighted by Crippen LogP contribution is 2.15. The molecule has 2 N–H and O–H groups in total. The van der Waals surface area contributed by atoms with E-state index in [0.29, 0.717) is 35.2 Å². The first-order valence-corrected chi connectivity index (χ1v) is 8.15. The van der Waals surface area contributed by atoms with Gasteiger partial charge in [0.15, 0.2) is 0 Å². The van der Waals surface area contributed by atoms with Crippen molar-refractivity contribution in [2.75, 3.05) is 30.5 Å². The van der Waals surface area contributed by atoms with Gasteiger partial charge >= 0.3 is 12.0 Å². The summed E-state index contributed by atoms with van der Waals surface area (Å²) in [6.45, 7) is 3.02. The Hall–Kier alpha value is -2.57. The Kier molecular flexibility index (Phi) is 7.25. The van der Waals surface area contributed by atoms with E-state index >= 15 is 0 Å². The standard InChI is InChI=1S/C18H19ClN2O4/c1-2-24-11-12-25-17(22)13-3-7-15(8-4-13)20-18(23)21-16-9-5-14(19)6-10-16/h3-10H,2,11-12H2,1H3,(H2,20,21,23). The number of carbonyl (C=O) groups is 2. The summed E-state index contributed by atoms with van der Waals surface area (Å²) in [5.74, 6) is -0.433. The number of ether oxygens (including phenoxy) is 2. The van der Waals surface area contributed by atoms with Gasteiger partial charge in [0.05, 0.1) is 12.2 Å². The summed E-state index contributed by atoms with van der Waals surface area (Å²) in [5, 5.41) is 5.95. The van der Waals surface area contributed by atoms with Crippen LogP contribution in [0.1, 0.15) is 17.3 Å². The van der Waals surface area contributed by atoms with E-state index in [9.17, 15) is 9.59 Å². The predicted octanol–water partition coefficient (Wildman–Crippen LogP) is 4.18. The van der Waals surface area contributed by atoms with E-state index < -0.39 is 12.0 Å². The van der Waals surface area contributed by atoms with Crippen LogP contribution in [-0.4, -0.2) is 31.8 Å². The Labute approximate surface area is 151 Å². The molecule has 0 atom stereocenters. The summed E-state index contributed by atoms with van der Waals surface area (Å²) < 4.78 is 10.2. The van der Waals surface area contributed by atoms with Crippen molar-refractivity contribution in [3.63, 3.8) is 0 Å². The first-order valence-electron chi connectivity index (χ1n) is 7.77. The lowest BCUT2D eigenvalue weighted by Crippen LogP contribution is -2.19. The Bertz CT molecular complexity index is 702. The molecule has 0 aliphatic rings. The Morgan fingerprint density at radius 3 is 2.04 bits per heavy atom. The van der Waals surface area contributed by atoms with Crippen LogP contribution in [-0.2, 0) is 9.47 Å². The molecule has 2 aromatic carbocycles. The van der Waals surface area contributed by atoms with E-state index in [1.165, 1.54) is 0 Å². The maximum atomic E-state index is 11.9. The van der Waals surface area contributed by atoms with E-state index in [0.717, 1.165) is 0 Å². The highest BCUT2D eigenvalue weighted by atomic mass is 35.5. The molecule has 132 valence electrons. The van der Waals surface area contributed by atoms with Crippen LogP contribution in [0.4, 0.5) is 16.2 Å². The van der Waals surface area contributed by atoms with Crippen molar-refractivity contribution in [3.8, 4) is 0 Å². The highest BCUT2D eigenvalue weighted by Gasteiger charge is 2.08. The van der Waals surface area contributed by atoms with Gasteiger partial charge in [-0.25, -0.2) is 9.59 Å². The largest absolute Gasteiger partial charge is 0.460 e. The molecule has 2 rings (SSSR count). The summed E-state index contributed by atoms with van der Waals surface area (Å²) in [4.78, 5) is 23.7. The number of carbonyl (C=O) groups excluding carboxylic acids is 2. The lowest BCUT2D eigenvalue weighted by Gasteiger charge is -2.09. The average Bonchev–Trinajstić information content (AvgIpc) is 2.61. The maximum Gasteiger partial charge on any atom is 0.338 e. The molecule has 0 spiro atoms. The van der Waals surface area contributed by atoms with Gasteiger partial charge in [0.1, 0.15) is 6.61 Å². The monoisotopic (exact) mass is 362 g/mol. The van der Waals surface area contributed by atoms with Crippen LogP contribution in [0.3, 0.4) is 0 Å². The first-order chi connectivity index (χ1) is 12.1. The van der Waals surface area contributed by atoms with E-state index in [2.05, 4.69) is 10.6 Å². The minimum absolute atomic E-state index is 0.205. The summed E-state index contributed by atoms with van der Waals surface area (Å²) in [6.07, 6.45) is 0. The number of amides is 2. The van der Waals surface area contributed by atoms with Gasteiger partial charge in [-0.2, -0.15) is 0 Å². The minimum Gasteiger partial charge on any atom is -0.460 e. The molecule has 0 bridgehead atoms. The summed E-state index contributed by atoms with van der Waals surface area (Å²) in [5.41, 5.74) is 1.58. The summed E-state index contributed by atoms with van der Waals surface area (Å²) >= 11 is 5.79. The fraction of sp³-hybridized carbons (Fsp3) is 0.222. The zero-order chi connectivity index (χ0) is 18.1. The van der Waals surface area contributed by atoms with E-state index in [-0.39, 0.29) is 6.61 Å². The Morgan fingerprint density at radius 1 is 0.920 bits per heavy atom. The van der Waals surface area contributed by atoms with Gasteiger partial charge in [-0.1, -0.05) is 11.6 Å². The van der Waals surface area contributed by atoms with Crippen LogP contribution in [0.2, 0.25) is 5.02 Å². The Morgan fingerprint density at radius 2 is 1.48 bits per heavy atom. The number of benzene rings is 2. The minimum atomic E-state index is -0.433. The molecule has 0 saturated carbocycles. The van der Waals surface area contributed by atoms with Gasteiger partial charge in [-0.15, -0.1) is 0 Å². The second-order valence-electron chi connectivity index (χ2n) is 5.00. The highest BCUT2D eigenvalue weighted by molar-refractivity contribution is 6.30. The fourth-order valence-electron chi connectivity index (χ4n) is 1.94. The molecule has 2 amide bonds. The topological polar surface area (TPSA) is 76.7 Å². The normalized spacial score (nSPS) is 10.2. The first kappa shape index (κ1) is 18.8. The van der Waals surface area contributed by atoms with Gasteiger partial charge in [0.25, 0.3) is 0 Å². The second-order valence-corrected chi connectivity index (χ2v) is 5.43. The van der Waals surface area contributed by atoms with Gasteiger partial charge in [0, 0.05) is 23.0 Å². The maximum absolute atomic E-state index is 11.9. The molecule has 0 saturated heterocycles. The van der Waals surface area contributed by atoms with E-state index in [1.54, 1.807) is 48.5 Å². The number of hydrogen-bond donors (Lipinski definition) is 2. The van der Waals surface area contributed by atoms with E-state index in [1.807, 2.05) is 6.92 Å². The van der Waals surface area contributed by atoms with Crippen molar-refractivity contribution in [3.05, 3.63) is 59.1 Å². The van der Waals surface area contributed by atoms with Crippen molar-refractivity contribution in [1.29, 1.82) is 0 Å². The molecule has 0 radical (unpaired) electrons. The van der Waals surface area contributed by atoms with Crippen molar-refractivity contribution in [1.82, 2.24) is 0 Å². The van der Waals surface area contributed by atoms with Crippen molar-refractivity contribution in [2.24, 2.45) is 0 Å². The molecule has 0 heterocycles. The van der Waals surface area contributed by atoms with Gasteiger partial charge in [0.2, 0.25) is 0 Å². The van der Waals surface area contributed by atoms with Crippen molar-refractivity contribution in [2.45, 2.75) is 6.92 Å². The Balaban J connectivity index is 1.83. The number of nitrogens with one attached hydrogen (secondary N) is 2. The van der Waals surface area contributed by atoms with Gasteiger partial charge in [-0.3, -0.25) is 0 Å². The molecular weight excluding hydrogens is 344 g/mol. The zero-order valence-electron chi connectivity index (χ0n) is 13.8. The lowest BCUT2D eigenvalue weighted by molar-refractivity contribution is 0.0335. The molecule has 7 heteroatoms. The van der Waals surface area contributed by atoms with Crippen LogP contribution < -0.4 is 10.6 Å².